The summed E-state index contributed by atoms with van der Waals surface area (Å²) in [5.41, 5.74) is -0.171. The highest BCUT2D eigenvalue weighted by Gasteiger charge is 2.21. The number of benzene rings is 2. The Kier molecular flexibility index (Phi) is 4.60. The van der Waals surface area contributed by atoms with Crippen molar-refractivity contribution < 1.29 is 23.8 Å². The van der Waals surface area contributed by atoms with Crippen LogP contribution < -0.4 is 4.74 Å². The van der Waals surface area contributed by atoms with Crippen LogP contribution in [0.4, 0.5) is 11.4 Å². The van der Waals surface area contributed by atoms with Gasteiger partial charge < -0.3 is 9.15 Å². The number of hydrogen-bond donors (Lipinski definition) is 0. The molecule has 0 fully saturated rings. The molecule has 11 nitrogen and oxygen atoms in total. The summed E-state index contributed by atoms with van der Waals surface area (Å²) in [6.45, 7) is 0. The van der Waals surface area contributed by atoms with Gasteiger partial charge in [-0.2, -0.15) is 0 Å². The standard InChI is InChI=1S/C19H10N4O7/c24-19(11-7-12(22(25)26)9-13(8-11)23(27)28)29-14-4-5-15-17(10-14)30-18(21-15)16-3-1-2-6-20-16/h1-10H. The maximum absolute atomic E-state index is 12.4. The zero-order valence-electron chi connectivity index (χ0n) is 14.9. The Labute approximate surface area is 166 Å². The summed E-state index contributed by atoms with van der Waals surface area (Å²) in [4.78, 5) is 41.2. The van der Waals surface area contributed by atoms with Gasteiger partial charge in [-0.15, -0.1) is 0 Å². The van der Waals surface area contributed by atoms with Gasteiger partial charge in [-0.1, -0.05) is 6.07 Å². The molecule has 2 heterocycles. The van der Waals surface area contributed by atoms with Crippen LogP contribution in [0.25, 0.3) is 22.7 Å². The minimum absolute atomic E-state index is 0.0744. The van der Waals surface area contributed by atoms with Crippen molar-refractivity contribution in [3.8, 4) is 17.3 Å². The first-order valence-corrected chi connectivity index (χ1v) is 8.39. The van der Waals surface area contributed by atoms with E-state index in [1.807, 2.05) is 0 Å². The van der Waals surface area contributed by atoms with E-state index < -0.39 is 27.2 Å². The van der Waals surface area contributed by atoms with E-state index in [1.54, 1.807) is 30.5 Å². The van der Waals surface area contributed by atoms with Gasteiger partial charge in [0.1, 0.15) is 17.0 Å². The lowest BCUT2D eigenvalue weighted by molar-refractivity contribution is -0.394. The second kappa shape index (κ2) is 7.39. The van der Waals surface area contributed by atoms with Gasteiger partial charge in [0, 0.05) is 24.4 Å². The highest BCUT2D eigenvalue weighted by Crippen LogP contribution is 2.28. The number of carbonyl (C=O) groups is 1. The molecule has 0 unspecified atom stereocenters. The van der Waals surface area contributed by atoms with Gasteiger partial charge in [0.25, 0.3) is 11.4 Å². The Balaban J connectivity index is 1.63. The smallest absolute Gasteiger partial charge is 0.344 e. The van der Waals surface area contributed by atoms with E-state index in [0.29, 0.717) is 16.8 Å². The number of fused-ring (bicyclic) bond motifs is 1. The van der Waals surface area contributed by atoms with Crippen LogP contribution in [-0.4, -0.2) is 25.8 Å². The zero-order valence-corrected chi connectivity index (χ0v) is 14.9. The fourth-order valence-corrected chi connectivity index (χ4v) is 2.66. The number of nitro benzene ring substituents is 2. The van der Waals surface area contributed by atoms with Crippen molar-refractivity contribution in [3.05, 3.63) is 86.6 Å². The lowest BCUT2D eigenvalue weighted by Gasteiger charge is -2.04. The minimum atomic E-state index is -0.995. The molecule has 0 aliphatic heterocycles. The molecule has 0 amide bonds. The molecule has 0 aliphatic carbocycles. The maximum Gasteiger partial charge on any atom is 0.344 e. The van der Waals surface area contributed by atoms with Crippen molar-refractivity contribution in [1.29, 1.82) is 0 Å². The van der Waals surface area contributed by atoms with E-state index in [-0.39, 0.29) is 17.2 Å². The largest absolute Gasteiger partial charge is 0.435 e. The van der Waals surface area contributed by atoms with Gasteiger partial charge >= 0.3 is 5.97 Å². The highest BCUT2D eigenvalue weighted by atomic mass is 16.6. The SMILES string of the molecule is O=C(Oc1ccc2nc(-c3ccccn3)oc2c1)c1cc([N+](=O)[O-])cc([N+](=O)[O-])c1. The summed E-state index contributed by atoms with van der Waals surface area (Å²) in [5, 5.41) is 22.0. The number of esters is 1. The topological polar surface area (TPSA) is 152 Å². The molecule has 0 saturated heterocycles. The number of nitro groups is 2. The van der Waals surface area contributed by atoms with Crippen molar-refractivity contribution in [3.63, 3.8) is 0 Å². The Hall–Kier alpha value is -4.67. The highest BCUT2D eigenvalue weighted by molar-refractivity contribution is 5.93. The Morgan fingerprint density at radius 1 is 0.967 bits per heavy atom. The predicted molar refractivity (Wildman–Crippen MR) is 102 cm³/mol. The number of nitrogens with zero attached hydrogens (tertiary/aromatic N) is 4. The molecule has 148 valence electrons. The van der Waals surface area contributed by atoms with Crippen LogP contribution >= 0.6 is 0 Å². The molecule has 0 saturated carbocycles. The number of ether oxygens (including phenoxy) is 1. The van der Waals surface area contributed by atoms with Gasteiger partial charge in [-0.05, 0) is 24.3 Å². The van der Waals surface area contributed by atoms with E-state index in [2.05, 4.69) is 9.97 Å². The van der Waals surface area contributed by atoms with Crippen molar-refractivity contribution in [1.82, 2.24) is 9.97 Å². The predicted octanol–water partition coefficient (Wildman–Crippen LogP) is 3.93. The van der Waals surface area contributed by atoms with Gasteiger partial charge in [-0.25, -0.2) is 9.78 Å². The minimum Gasteiger partial charge on any atom is -0.435 e. The lowest BCUT2D eigenvalue weighted by atomic mass is 10.2. The van der Waals surface area contributed by atoms with Gasteiger partial charge in [0.15, 0.2) is 5.58 Å². The molecule has 0 N–H and O–H groups in total. The summed E-state index contributed by atoms with van der Waals surface area (Å²) in [6.07, 6.45) is 1.59. The van der Waals surface area contributed by atoms with Crippen molar-refractivity contribution in [2.45, 2.75) is 0 Å². The van der Waals surface area contributed by atoms with Crippen LogP contribution in [0.5, 0.6) is 5.75 Å². The van der Waals surface area contributed by atoms with Gasteiger partial charge in [-0.3, -0.25) is 25.2 Å². The molecule has 4 aromatic rings. The van der Waals surface area contributed by atoms with Crippen LogP contribution in [0.15, 0.2) is 65.2 Å². The molecule has 30 heavy (non-hydrogen) atoms. The third-order valence-electron chi connectivity index (χ3n) is 4.01. The molecule has 0 spiro atoms. The molecule has 0 aliphatic rings. The molecule has 11 heteroatoms. The molecule has 2 aromatic carbocycles. The second-order valence-electron chi connectivity index (χ2n) is 6.01. The first-order chi connectivity index (χ1) is 14.4. The fraction of sp³-hybridized carbons (Fsp3) is 0. The number of carbonyl (C=O) groups excluding carboxylic acids is 1. The number of rotatable bonds is 5. The summed E-state index contributed by atoms with van der Waals surface area (Å²) in [7, 11) is 0. The summed E-state index contributed by atoms with van der Waals surface area (Å²) in [6, 6.07) is 12.3. The first kappa shape index (κ1) is 18.7. The number of pyridine rings is 1. The third kappa shape index (κ3) is 3.67. The molecule has 4 rings (SSSR count). The third-order valence-corrected chi connectivity index (χ3v) is 4.01. The Morgan fingerprint density at radius 3 is 2.33 bits per heavy atom. The second-order valence-corrected chi connectivity index (χ2v) is 6.01. The number of aromatic nitrogens is 2. The van der Waals surface area contributed by atoms with Crippen molar-refractivity contribution in [2.24, 2.45) is 0 Å². The zero-order chi connectivity index (χ0) is 21.3. The first-order valence-electron chi connectivity index (χ1n) is 8.39. The summed E-state index contributed by atoms with van der Waals surface area (Å²) in [5.74, 6) is -0.639. The fourth-order valence-electron chi connectivity index (χ4n) is 2.66. The quantitative estimate of drug-likeness (QED) is 0.208. The number of non-ortho nitro benzene ring substituents is 2. The van der Waals surface area contributed by atoms with Crippen LogP contribution in [0.1, 0.15) is 10.4 Å². The summed E-state index contributed by atoms with van der Waals surface area (Å²) >= 11 is 0. The Morgan fingerprint density at radius 2 is 1.70 bits per heavy atom. The van der Waals surface area contributed by atoms with E-state index in [1.165, 1.54) is 12.1 Å². The molecule has 0 bridgehead atoms. The van der Waals surface area contributed by atoms with Crippen LogP contribution in [0, 0.1) is 20.2 Å². The molecule has 2 aromatic heterocycles. The van der Waals surface area contributed by atoms with Crippen molar-refractivity contribution in [2.75, 3.05) is 0 Å². The normalized spacial score (nSPS) is 10.7. The van der Waals surface area contributed by atoms with Gasteiger partial charge in [0.05, 0.1) is 21.5 Å². The number of hydrogen-bond acceptors (Lipinski definition) is 9. The van der Waals surface area contributed by atoms with E-state index in [4.69, 9.17) is 9.15 Å². The molecular weight excluding hydrogens is 396 g/mol. The maximum atomic E-state index is 12.4. The van der Waals surface area contributed by atoms with Crippen LogP contribution in [-0.2, 0) is 0 Å². The molecule has 0 atom stereocenters. The average Bonchev–Trinajstić information content (AvgIpc) is 3.17. The average molecular weight is 406 g/mol. The van der Waals surface area contributed by atoms with Crippen LogP contribution in [0.2, 0.25) is 0 Å². The van der Waals surface area contributed by atoms with Gasteiger partial charge in [0.2, 0.25) is 5.89 Å². The van der Waals surface area contributed by atoms with Crippen LogP contribution in [0.3, 0.4) is 0 Å². The molecule has 0 radical (unpaired) electrons. The summed E-state index contributed by atoms with van der Waals surface area (Å²) < 4.78 is 10.8. The molecular formula is C19H10N4O7. The lowest BCUT2D eigenvalue weighted by Crippen LogP contribution is -2.09. The Bertz CT molecular complexity index is 1270. The van der Waals surface area contributed by atoms with Crippen molar-refractivity contribution >= 4 is 28.4 Å². The monoisotopic (exact) mass is 406 g/mol. The van der Waals surface area contributed by atoms with E-state index in [0.717, 1.165) is 18.2 Å². The van der Waals surface area contributed by atoms with E-state index in [9.17, 15) is 25.0 Å². The van der Waals surface area contributed by atoms with E-state index >= 15 is 0 Å². The number of oxazole rings is 1.